The number of fused-ring (bicyclic) bond motifs is 8. The zero-order chi connectivity index (χ0) is 36.3. The number of thiazole rings is 1. The molecule has 258 valence electrons. The van der Waals surface area contributed by atoms with Gasteiger partial charge in [0.2, 0.25) is 0 Å². The molecule has 11 aromatic rings. The van der Waals surface area contributed by atoms with Crippen molar-refractivity contribution in [2.24, 2.45) is 0 Å². The van der Waals surface area contributed by atoms with Crippen LogP contribution in [-0.2, 0) is 0 Å². The molecule has 0 radical (unpaired) electrons. The van der Waals surface area contributed by atoms with Crippen molar-refractivity contribution in [3.63, 3.8) is 0 Å². The highest BCUT2D eigenvalue weighted by atomic mass is 32.1. The molecule has 0 saturated heterocycles. The van der Waals surface area contributed by atoms with Crippen molar-refractivity contribution in [2.45, 2.75) is 0 Å². The third-order valence-corrected chi connectivity index (χ3v) is 13.0. The number of hydrogen-bond acceptors (Lipinski definition) is 4. The number of nitrogens with zero attached hydrogens (tertiary/aromatic N) is 2. The molecule has 2 heterocycles. The van der Waals surface area contributed by atoms with Crippen molar-refractivity contribution >= 4 is 91.7 Å². The second-order valence-electron chi connectivity index (χ2n) is 13.9. The van der Waals surface area contributed by atoms with Gasteiger partial charge in [-0.05, 0) is 81.4 Å². The molecule has 0 N–H and O–H groups in total. The van der Waals surface area contributed by atoms with Gasteiger partial charge in [-0.25, -0.2) is 4.98 Å². The molecule has 0 bridgehead atoms. The molecule has 11 rings (SSSR count). The molecular weight excluding hydrogens is 705 g/mol. The summed E-state index contributed by atoms with van der Waals surface area (Å²) < 4.78 is 3.82. The Morgan fingerprint density at radius 1 is 0.382 bits per heavy atom. The molecule has 0 aliphatic carbocycles. The number of hydrogen-bond donors (Lipinski definition) is 0. The largest absolute Gasteiger partial charge is 0.310 e. The fourth-order valence-corrected chi connectivity index (χ4v) is 10.3. The van der Waals surface area contributed by atoms with Gasteiger partial charge in [-0.2, -0.15) is 0 Å². The minimum absolute atomic E-state index is 1.04. The van der Waals surface area contributed by atoms with E-state index >= 15 is 0 Å². The fourth-order valence-electron chi connectivity index (χ4n) is 8.06. The van der Waals surface area contributed by atoms with E-state index < -0.39 is 0 Å². The van der Waals surface area contributed by atoms with Gasteiger partial charge in [0.1, 0.15) is 5.01 Å². The van der Waals surface area contributed by atoms with Gasteiger partial charge in [-0.15, -0.1) is 22.7 Å². The van der Waals surface area contributed by atoms with Crippen LogP contribution in [0.5, 0.6) is 0 Å². The third kappa shape index (κ3) is 5.49. The maximum Gasteiger partial charge on any atom is 0.124 e. The third-order valence-electron chi connectivity index (χ3n) is 10.7. The van der Waals surface area contributed by atoms with Gasteiger partial charge in [0, 0.05) is 48.1 Å². The molecule has 0 spiro atoms. The summed E-state index contributed by atoms with van der Waals surface area (Å²) in [5.41, 5.74) is 10.4. The molecule has 0 aliphatic heterocycles. The van der Waals surface area contributed by atoms with Gasteiger partial charge in [0.25, 0.3) is 0 Å². The molecule has 9 aromatic carbocycles. The topological polar surface area (TPSA) is 16.1 Å². The van der Waals surface area contributed by atoms with E-state index in [-0.39, 0.29) is 0 Å². The summed E-state index contributed by atoms with van der Waals surface area (Å²) in [6.07, 6.45) is 0. The molecule has 4 heteroatoms. The van der Waals surface area contributed by atoms with Crippen LogP contribution in [0.2, 0.25) is 0 Å². The van der Waals surface area contributed by atoms with E-state index in [1.54, 1.807) is 11.3 Å². The Morgan fingerprint density at radius 3 is 1.91 bits per heavy atom. The number of thiophene rings is 1. The van der Waals surface area contributed by atoms with E-state index in [2.05, 4.69) is 199 Å². The van der Waals surface area contributed by atoms with E-state index in [4.69, 9.17) is 4.98 Å². The number of benzene rings is 9. The zero-order valence-corrected chi connectivity index (χ0v) is 31.3. The van der Waals surface area contributed by atoms with E-state index in [1.165, 1.54) is 68.7 Å². The standard InChI is InChI=1S/C51H32N2S2/c1-3-12-33(13-4-1)35-16-11-17-37(30-35)51-52-46-29-28-42-40-26-23-38(31-36(40)22-25-45(42)50(46)55-51)53(47-20-9-7-18-41(47)34-14-5-2-6-15-34)39-24-27-44-43-19-8-10-21-48(43)54-49(44)32-39/h1-32H. The number of aromatic nitrogens is 1. The second kappa shape index (κ2) is 13.1. The van der Waals surface area contributed by atoms with Crippen LogP contribution >= 0.6 is 22.7 Å². The lowest BCUT2D eigenvalue weighted by atomic mass is 9.99. The first-order valence-electron chi connectivity index (χ1n) is 18.5. The van der Waals surface area contributed by atoms with Crippen LogP contribution in [0.3, 0.4) is 0 Å². The van der Waals surface area contributed by atoms with Crippen molar-refractivity contribution in [2.75, 3.05) is 4.90 Å². The summed E-state index contributed by atoms with van der Waals surface area (Å²) in [7, 11) is 0. The molecule has 0 fully saturated rings. The van der Waals surface area contributed by atoms with Crippen LogP contribution in [0.15, 0.2) is 194 Å². The minimum Gasteiger partial charge on any atom is -0.310 e. The Morgan fingerprint density at radius 2 is 1.04 bits per heavy atom. The highest BCUT2D eigenvalue weighted by Crippen LogP contribution is 2.45. The summed E-state index contributed by atoms with van der Waals surface area (Å²) in [5, 5.41) is 8.57. The van der Waals surface area contributed by atoms with E-state index in [0.29, 0.717) is 0 Å². The highest BCUT2D eigenvalue weighted by molar-refractivity contribution is 7.25. The van der Waals surface area contributed by atoms with Gasteiger partial charge >= 0.3 is 0 Å². The van der Waals surface area contributed by atoms with Crippen molar-refractivity contribution in [3.05, 3.63) is 194 Å². The quantitative estimate of drug-likeness (QED) is 0.158. The zero-order valence-electron chi connectivity index (χ0n) is 29.7. The Kier molecular flexibility index (Phi) is 7.58. The van der Waals surface area contributed by atoms with Crippen molar-refractivity contribution in [1.29, 1.82) is 0 Å². The van der Waals surface area contributed by atoms with Gasteiger partial charge in [0.15, 0.2) is 0 Å². The van der Waals surface area contributed by atoms with Crippen LogP contribution < -0.4 is 4.90 Å². The lowest BCUT2D eigenvalue weighted by Gasteiger charge is -2.28. The Balaban J connectivity index is 1.05. The first-order chi connectivity index (χ1) is 27.2. The highest BCUT2D eigenvalue weighted by Gasteiger charge is 2.20. The SMILES string of the molecule is c1ccc(-c2cccc(-c3nc4ccc5c6ccc(N(c7ccc8c(c7)sc7ccccc78)c7ccccc7-c7ccccc7)cc6ccc5c4s3)c2)cc1. The maximum atomic E-state index is 5.13. The van der Waals surface area contributed by atoms with Gasteiger partial charge < -0.3 is 4.90 Å². The van der Waals surface area contributed by atoms with Crippen LogP contribution in [0.4, 0.5) is 17.1 Å². The molecule has 0 aliphatic rings. The van der Waals surface area contributed by atoms with Crippen LogP contribution in [0.1, 0.15) is 0 Å². The predicted molar refractivity (Wildman–Crippen MR) is 239 cm³/mol. The normalized spacial score (nSPS) is 11.6. The van der Waals surface area contributed by atoms with Crippen LogP contribution in [0, 0.1) is 0 Å². The molecular formula is C51H32N2S2. The Hall–Kier alpha value is -6.59. The molecule has 0 amide bonds. The van der Waals surface area contributed by atoms with Crippen molar-refractivity contribution in [1.82, 2.24) is 4.98 Å². The summed E-state index contributed by atoms with van der Waals surface area (Å²) >= 11 is 3.64. The molecule has 0 saturated carbocycles. The maximum absolute atomic E-state index is 5.13. The molecule has 2 nitrogen and oxygen atoms in total. The lowest BCUT2D eigenvalue weighted by Crippen LogP contribution is -2.11. The van der Waals surface area contributed by atoms with Crippen molar-refractivity contribution in [3.8, 4) is 32.8 Å². The first-order valence-corrected chi connectivity index (χ1v) is 20.2. The fraction of sp³-hybridized carbons (Fsp3) is 0. The summed E-state index contributed by atoms with van der Waals surface area (Å²) in [5.74, 6) is 0. The lowest BCUT2D eigenvalue weighted by molar-refractivity contribution is 1.30. The van der Waals surface area contributed by atoms with E-state index in [1.807, 2.05) is 11.3 Å². The van der Waals surface area contributed by atoms with Crippen LogP contribution in [-0.4, -0.2) is 4.98 Å². The molecule has 0 unspecified atom stereocenters. The molecule has 55 heavy (non-hydrogen) atoms. The number of anilines is 3. The molecule has 2 aromatic heterocycles. The number of para-hydroxylation sites is 1. The van der Waals surface area contributed by atoms with Gasteiger partial charge in [-0.1, -0.05) is 146 Å². The predicted octanol–water partition coefficient (Wildman–Crippen LogP) is 15.4. The second-order valence-corrected chi connectivity index (χ2v) is 16.0. The smallest absolute Gasteiger partial charge is 0.124 e. The van der Waals surface area contributed by atoms with Crippen LogP contribution in [0.25, 0.3) is 84.8 Å². The Bertz CT molecular complexity index is 3220. The average Bonchev–Trinajstić information content (AvgIpc) is 3.87. The summed E-state index contributed by atoms with van der Waals surface area (Å²) in [6.45, 7) is 0. The Labute approximate surface area is 326 Å². The minimum atomic E-state index is 1.04. The average molecular weight is 737 g/mol. The van der Waals surface area contributed by atoms with E-state index in [9.17, 15) is 0 Å². The van der Waals surface area contributed by atoms with E-state index in [0.717, 1.165) is 33.1 Å². The first kappa shape index (κ1) is 31.9. The number of rotatable bonds is 6. The summed E-state index contributed by atoms with van der Waals surface area (Å²) in [4.78, 5) is 7.56. The molecule has 0 atom stereocenters. The summed E-state index contributed by atoms with van der Waals surface area (Å²) in [6, 6.07) is 70.4. The monoisotopic (exact) mass is 736 g/mol. The van der Waals surface area contributed by atoms with Gasteiger partial charge in [-0.3, -0.25) is 0 Å². The van der Waals surface area contributed by atoms with Crippen molar-refractivity contribution < 1.29 is 0 Å². The van der Waals surface area contributed by atoms with Gasteiger partial charge in [0.05, 0.1) is 15.9 Å².